The Morgan fingerprint density at radius 1 is 1.21 bits per heavy atom. The van der Waals surface area contributed by atoms with Gasteiger partial charge in [0.05, 0.1) is 29.2 Å². The van der Waals surface area contributed by atoms with E-state index in [-0.39, 0.29) is 11.9 Å². The molecule has 2 aromatic rings. The van der Waals surface area contributed by atoms with Gasteiger partial charge >= 0.3 is 12.0 Å². The molecular formula is C17H20N4O3. The highest BCUT2D eigenvalue weighted by molar-refractivity contribution is 5.90. The third kappa shape index (κ3) is 3.40. The lowest BCUT2D eigenvalue weighted by Crippen LogP contribution is -2.42. The number of hydrogen-bond donors (Lipinski definition) is 2. The monoisotopic (exact) mass is 328 g/mol. The van der Waals surface area contributed by atoms with Crippen molar-refractivity contribution < 1.29 is 14.7 Å². The fourth-order valence-corrected chi connectivity index (χ4v) is 2.82. The number of carboxylic acids is 1. The maximum absolute atomic E-state index is 12.4. The number of aryl methyl sites for hydroxylation is 1. The Kier molecular flexibility index (Phi) is 4.50. The van der Waals surface area contributed by atoms with Crippen LogP contribution in [0.3, 0.4) is 0 Å². The lowest BCUT2D eigenvalue weighted by Gasteiger charge is -2.30. The fourth-order valence-electron chi connectivity index (χ4n) is 2.82. The molecule has 7 heteroatoms. The number of anilines is 1. The van der Waals surface area contributed by atoms with Crippen LogP contribution in [0.25, 0.3) is 5.69 Å². The summed E-state index contributed by atoms with van der Waals surface area (Å²) in [6, 6.07) is 9.45. The van der Waals surface area contributed by atoms with Crippen LogP contribution in [0.4, 0.5) is 10.5 Å². The summed E-state index contributed by atoms with van der Waals surface area (Å²) in [5.41, 5.74) is 2.31. The Labute approximate surface area is 139 Å². The van der Waals surface area contributed by atoms with Gasteiger partial charge in [-0.15, -0.1) is 0 Å². The van der Waals surface area contributed by atoms with Gasteiger partial charge in [0.15, 0.2) is 0 Å². The van der Waals surface area contributed by atoms with Crippen LogP contribution < -0.4 is 5.32 Å². The predicted octanol–water partition coefficient (Wildman–Crippen LogP) is 2.51. The minimum atomic E-state index is -0.782. The zero-order chi connectivity index (χ0) is 17.1. The lowest BCUT2D eigenvalue weighted by molar-refractivity contribution is -0.143. The Balaban J connectivity index is 1.65. The molecule has 2 N–H and O–H groups in total. The summed E-state index contributed by atoms with van der Waals surface area (Å²) in [5.74, 6) is -1.13. The van der Waals surface area contributed by atoms with E-state index in [0.717, 1.165) is 11.4 Å². The molecule has 0 radical (unpaired) electrons. The first-order valence-corrected chi connectivity index (χ1v) is 7.95. The largest absolute Gasteiger partial charge is 0.481 e. The summed E-state index contributed by atoms with van der Waals surface area (Å²) < 4.78 is 1.72. The maximum atomic E-state index is 12.4. The average Bonchev–Trinajstić information content (AvgIpc) is 2.96. The van der Waals surface area contributed by atoms with Crippen molar-refractivity contribution in [2.24, 2.45) is 5.92 Å². The molecule has 24 heavy (non-hydrogen) atoms. The number of para-hydroxylation sites is 1. The number of amides is 2. The quantitative estimate of drug-likeness (QED) is 0.906. The summed E-state index contributed by atoms with van der Waals surface area (Å²) in [6.45, 7) is 2.75. The topological polar surface area (TPSA) is 87.5 Å². The Hall–Kier alpha value is -2.83. The van der Waals surface area contributed by atoms with Crippen molar-refractivity contribution in [3.63, 3.8) is 0 Å². The highest BCUT2D eigenvalue weighted by atomic mass is 16.4. The molecule has 0 spiro atoms. The number of hydrogen-bond acceptors (Lipinski definition) is 3. The summed E-state index contributed by atoms with van der Waals surface area (Å²) >= 11 is 0. The number of rotatable bonds is 3. The number of piperidine rings is 1. The van der Waals surface area contributed by atoms with Crippen molar-refractivity contribution in [2.75, 3.05) is 18.4 Å². The third-order valence-electron chi connectivity index (χ3n) is 4.29. The Bertz CT molecular complexity index is 734. The van der Waals surface area contributed by atoms with Gasteiger partial charge in [0.25, 0.3) is 0 Å². The van der Waals surface area contributed by atoms with Gasteiger partial charge in [-0.25, -0.2) is 9.48 Å². The lowest BCUT2D eigenvalue weighted by atomic mass is 9.97. The number of benzene rings is 1. The second-order valence-corrected chi connectivity index (χ2v) is 5.94. The van der Waals surface area contributed by atoms with Crippen LogP contribution in [-0.4, -0.2) is 44.9 Å². The molecule has 1 fully saturated rings. The number of urea groups is 1. The first-order valence-electron chi connectivity index (χ1n) is 7.95. The second kappa shape index (κ2) is 6.74. The van der Waals surface area contributed by atoms with Crippen LogP contribution in [0.15, 0.2) is 36.5 Å². The molecule has 2 heterocycles. The van der Waals surface area contributed by atoms with Gasteiger partial charge in [-0.2, -0.15) is 5.10 Å². The third-order valence-corrected chi connectivity index (χ3v) is 4.29. The van der Waals surface area contributed by atoms with Crippen LogP contribution in [0.2, 0.25) is 0 Å². The average molecular weight is 328 g/mol. The number of carboxylic acid groups (broad SMARTS) is 1. The van der Waals surface area contributed by atoms with E-state index in [1.165, 1.54) is 0 Å². The van der Waals surface area contributed by atoms with Crippen LogP contribution in [0.1, 0.15) is 18.5 Å². The SMILES string of the molecule is Cc1nn(-c2ccccc2)cc1NC(=O)N1CCC(C(=O)O)CC1. The number of carbonyl (C=O) groups excluding carboxylic acids is 1. The van der Waals surface area contributed by atoms with Crippen molar-refractivity contribution in [3.05, 3.63) is 42.2 Å². The van der Waals surface area contributed by atoms with E-state index < -0.39 is 5.97 Å². The second-order valence-electron chi connectivity index (χ2n) is 5.94. The summed E-state index contributed by atoms with van der Waals surface area (Å²) in [4.78, 5) is 25.0. The number of carbonyl (C=O) groups is 2. The highest BCUT2D eigenvalue weighted by Gasteiger charge is 2.27. The van der Waals surface area contributed by atoms with Gasteiger partial charge in [-0.1, -0.05) is 18.2 Å². The molecule has 0 bridgehead atoms. The number of nitrogens with one attached hydrogen (secondary N) is 1. The van der Waals surface area contributed by atoms with Gasteiger partial charge in [0, 0.05) is 13.1 Å². The standard InChI is InChI=1S/C17H20N4O3/c1-12-15(11-21(19-12)14-5-3-2-4-6-14)18-17(24)20-9-7-13(8-10-20)16(22)23/h2-6,11,13H,7-10H2,1H3,(H,18,24)(H,22,23). The molecule has 0 unspecified atom stereocenters. The fraction of sp³-hybridized carbons (Fsp3) is 0.353. The van der Waals surface area contributed by atoms with Crippen molar-refractivity contribution in [1.82, 2.24) is 14.7 Å². The first-order chi connectivity index (χ1) is 11.5. The highest BCUT2D eigenvalue weighted by Crippen LogP contribution is 2.20. The summed E-state index contributed by atoms with van der Waals surface area (Å²) in [7, 11) is 0. The molecule has 7 nitrogen and oxygen atoms in total. The Morgan fingerprint density at radius 3 is 2.50 bits per heavy atom. The van der Waals surface area contributed by atoms with Crippen LogP contribution in [-0.2, 0) is 4.79 Å². The zero-order valence-corrected chi connectivity index (χ0v) is 13.5. The van der Waals surface area contributed by atoms with E-state index in [4.69, 9.17) is 5.11 Å². The smallest absolute Gasteiger partial charge is 0.321 e. The van der Waals surface area contributed by atoms with Crippen molar-refractivity contribution in [3.8, 4) is 5.69 Å². The number of nitrogens with zero attached hydrogens (tertiary/aromatic N) is 3. The molecule has 1 aromatic carbocycles. The van der Waals surface area contributed by atoms with E-state index in [1.54, 1.807) is 15.8 Å². The molecule has 2 amide bonds. The zero-order valence-electron chi connectivity index (χ0n) is 13.5. The number of aromatic nitrogens is 2. The van der Waals surface area contributed by atoms with Crippen LogP contribution in [0.5, 0.6) is 0 Å². The number of aliphatic carboxylic acids is 1. The predicted molar refractivity (Wildman–Crippen MR) is 89.3 cm³/mol. The maximum Gasteiger partial charge on any atom is 0.321 e. The first kappa shape index (κ1) is 16.0. The molecule has 1 aliphatic heterocycles. The summed E-state index contributed by atoms with van der Waals surface area (Å²) in [6.07, 6.45) is 2.77. The summed E-state index contributed by atoms with van der Waals surface area (Å²) in [5, 5.41) is 16.3. The van der Waals surface area contributed by atoms with Crippen LogP contribution >= 0.6 is 0 Å². The van der Waals surface area contributed by atoms with E-state index in [0.29, 0.717) is 31.6 Å². The van der Waals surface area contributed by atoms with Crippen molar-refractivity contribution in [1.29, 1.82) is 0 Å². The minimum Gasteiger partial charge on any atom is -0.481 e. The van der Waals surface area contributed by atoms with Crippen molar-refractivity contribution in [2.45, 2.75) is 19.8 Å². The van der Waals surface area contributed by atoms with Gasteiger partial charge in [0.1, 0.15) is 0 Å². The molecule has 3 rings (SSSR count). The molecule has 1 aromatic heterocycles. The van der Waals surface area contributed by atoms with Gasteiger partial charge in [-0.3, -0.25) is 4.79 Å². The van der Waals surface area contributed by atoms with Gasteiger partial charge in [-0.05, 0) is 31.9 Å². The molecule has 0 aliphatic carbocycles. The normalized spacial score (nSPS) is 15.3. The van der Waals surface area contributed by atoms with E-state index in [1.807, 2.05) is 37.3 Å². The molecule has 126 valence electrons. The van der Waals surface area contributed by atoms with Crippen LogP contribution in [0, 0.1) is 12.8 Å². The molecule has 1 aliphatic rings. The van der Waals surface area contributed by atoms with E-state index >= 15 is 0 Å². The van der Waals surface area contributed by atoms with E-state index in [2.05, 4.69) is 10.4 Å². The molecule has 0 atom stereocenters. The Morgan fingerprint density at radius 2 is 1.88 bits per heavy atom. The van der Waals surface area contributed by atoms with Gasteiger partial charge < -0.3 is 15.3 Å². The molecule has 1 saturated heterocycles. The van der Waals surface area contributed by atoms with E-state index in [9.17, 15) is 9.59 Å². The minimum absolute atomic E-state index is 0.213. The van der Waals surface area contributed by atoms with Crippen molar-refractivity contribution >= 4 is 17.7 Å². The number of likely N-dealkylation sites (tertiary alicyclic amines) is 1. The van der Waals surface area contributed by atoms with Gasteiger partial charge in [0.2, 0.25) is 0 Å². The molecular weight excluding hydrogens is 308 g/mol. The molecule has 0 saturated carbocycles.